The quantitative estimate of drug-likeness (QED) is 0.634. The van der Waals surface area contributed by atoms with Crippen molar-refractivity contribution in [3.63, 3.8) is 0 Å². The minimum atomic E-state index is -1.15. The molecule has 0 heterocycles. The van der Waals surface area contributed by atoms with Crippen molar-refractivity contribution < 1.29 is 14.7 Å². The van der Waals surface area contributed by atoms with Crippen LogP contribution in [0.3, 0.4) is 0 Å². The Morgan fingerprint density at radius 3 is 2.35 bits per heavy atom. The lowest BCUT2D eigenvalue weighted by Gasteiger charge is -2.35. The van der Waals surface area contributed by atoms with E-state index < -0.39 is 12.1 Å². The van der Waals surface area contributed by atoms with Gasteiger partial charge in [0.25, 0.3) is 0 Å². The molecule has 1 rings (SSSR count). The first kappa shape index (κ1) is 14.0. The van der Waals surface area contributed by atoms with Gasteiger partial charge in [-0.15, -0.1) is 0 Å². The molecule has 17 heavy (non-hydrogen) atoms. The molecule has 3 N–H and O–H groups in total. The van der Waals surface area contributed by atoms with Crippen LogP contribution in [0, 0.1) is 11.8 Å². The number of carboxylic acid groups (broad SMARTS) is 1. The van der Waals surface area contributed by atoms with Gasteiger partial charge in [-0.1, -0.05) is 19.8 Å². The van der Waals surface area contributed by atoms with Gasteiger partial charge in [0.2, 0.25) is 0 Å². The van der Waals surface area contributed by atoms with Crippen LogP contribution in [0.15, 0.2) is 0 Å². The van der Waals surface area contributed by atoms with E-state index in [1.165, 1.54) is 0 Å². The molecule has 1 aliphatic rings. The smallest absolute Gasteiger partial charge is 0.405 e. The van der Waals surface area contributed by atoms with Gasteiger partial charge in [-0.05, 0) is 31.7 Å². The van der Waals surface area contributed by atoms with E-state index in [1.807, 2.05) is 0 Å². The van der Waals surface area contributed by atoms with Gasteiger partial charge in [0, 0.05) is 6.04 Å². The zero-order chi connectivity index (χ0) is 12.8. The van der Waals surface area contributed by atoms with E-state index >= 15 is 0 Å². The van der Waals surface area contributed by atoms with Crippen molar-refractivity contribution in [2.75, 3.05) is 7.05 Å². The van der Waals surface area contributed by atoms with Gasteiger partial charge < -0.3 is 20.5 Å². The van der Waals surface area contributed by atoms with Gasteiger partial charge >= 0.3 is 6.09 Å². The van der Waals surface area contributed by atoms with Crippen molar-refractivity contribution in [2.24, 2.45) is 11.8 Å². The van der Waals surface area contributed by atoms with E-state index in [0.29, 0.717) is 12.2 Å². The summed E-state index contributed by atoms with van der Waals surface area (Å²) in [6, 6.07) is -0.757. The van der Waals surface area contributed by atoms with Crippen LogP contribution < -0.4 is 10.6 Å². The number of carbonyl (C=O) groups excluding carboxylic acids is 1. The minimum absolute atomic E-state index is 0.101. The fraction of sp³-hybridized carbons (Fsp3) is 0.833. The Kier molecular flexibility index (Phi) is 5.41. The van der Waals surface area contributed by atoms with Gasteiger partial charge in [0.05, 0.1) is 0 Å². The number of hydrogen-bond acceptors (Lipinski definition) is 3. The standard InChI is InChI=1S/C12H22N2O3/c1-8-3-5-9(6-4-8)11(13-2)10(7-15)14-12(16)17/h7-11,13-14H,3-6H2,1-2H3,(H,16,17). The molecule has 2 atom stereocenters. The summed E-state index contributed by atoms with van der Waals surface area (Å²) in [5.41, 5.74) is 0. The van der Waals surface area contributed by atoms with Crippen LogP contribution in [-0.4, -0.2) is 36.6 Å². The summed E-state index contributed by atoms with van der Waals surface area (Å²) in [5.74, 6) is 1.11. The third-order valence-electron chi connectivity index (χ3n) is 3.73. The Bertz CT molecular complexity index is 262. The molecule has 0 aromatic heterocycles. The zero-order valence-electron chi connectivity index (χ0n) is 10.5. The summed E-state index contributed by atoms with van der Waals surface area (Å²) in [4.78, 5) is 21.6. The summed E-state index contributed by atoms with van der Waals surface area (Å²) >= 11 is 0. The normalized spacial score (nSPS) is 28.1. The van der Waals surface area contributed by atoms with Crippen LogP contribution in [0.25, 0.3) is 0 Å². The van der Waals surface area contributed by atoms with Crippen molar-refractivity contribution in [1.29, 1.82) is 0 Å². The first-order valence-electron chi connectivity index (χ1n) is 6.20. The third-order valence-corrected chi connectivity index (χ3v) is 3.73. The second-order valence-electron chi connectivity index (χ2n) is 4.95. The van der Waals surface area contributed by atoms with Gasteiger partial charge in [-0.2, -0.15) is 0 Å². The first-order chi connectivity index (χ1) is 8.08. The van der Waals surface area contributed by atoms with Crippen molar-refractivity contribution in [3.8, 4) is 0 Å². The van der Waals surface area contributed by atoms with Crippen LogP contribution in [0.4, 0.5) is 4.79 Å². The summed E-state index contributed by atoms with van der Waals surface area (Å²) in [5, 5.41) is 14.1. The fourth-order valence-corrected chi connectivity index (χ4v) is 2.70. The molecule has 2 unspecified atom stereocenters. The molecule has 1 amide bonds. The number of carbonyl (C=O) groups is 2. The van der Waals surface area contributed by atoms with Gasteiger partial charge in [-0.3, -0.25) is 0 Å². The Morgan fingerprint density at radius 2 is 1.94 bits per heavy atom. The minimum Gasteiger partial charge on any atom is -0.465 e. The van der Waals surface area contributed by atoms with Crippen LogP contribution in [0.5, 0.6) is 0 Å². The van der Waals surface area contributed by atoms with E-state index in [9.17, 15) is 9.59 Å². The van der Waals surface area contributed by atoms with Crippen LogP contribution in [0.1, 0.15) is 32.6 Å². The highest BCUT2D eigenvalue weighted by Gasteiger charge is 2.31. The number of amides is 1. The fourth-order valence-electron chi connectivity index (χ4n) is 2.70. The molecular weight excluding hydrogens is 220 g/mol. The average Bonchev–Trinajstić information content (AvgIpc) is 2.30. The number of likely N-dealkylation sites (N-methyl/N-ethyl adjacent to an activating group) is 1. The maximum atomic E-state index is 11.0. The zero-order valence-corrected chi connectivity index (χ0v) is 10.5. The van der Waals surface area contributed by atoms with Crippen LogP contribution in [0.2, 0.25) is 0 Å². The van der Waals surface area contributed by atoms with E-state index in [1.54, 1.807) is 7.05 Å². The molecular formula is C12H22N2O3. The maximum absolute atomic E-state index is 11.0. The topological polar surface area (TPSA) is 78.4 Å². The lowest BCUT2D eigenvalue weighted by atomic mass is 9.77. The molecule has 1 fully saturated rings. The summed E-state index contributed by atoms with van der Waals surface area (Å²) < 4.78 is 0. The largest absolute Gasteiger partial charge is 0.465 e. The molecule has 98 valence electrons. The molecule has 0 aromatic carbocycles. The summed E-state index contributed by atoms with van der Waals surface area (Å²) in [7, 11) is 1.78. The molecule has 5 nitrogen and oxygen atoms in total. The Morgan fingerprint density at radius 1 is 1.35 bits per heavy atom. The molecule has 0 spiro atoms. The second kappa shape index (κ2) is 6.59. The lowest BCUT2D eigenvalue weighted by Crippen LogP contribution is -2.53. The third kappa shape index (κ3) is 4.00. The van der Waals surface area contributed by atoms with Crippen molar-refractivity contribution in [3.05, 3.63) is 0 Å². The van der Waals surface area contributed by atoms with Gasteiger partial charge in [0.1, 0.15) is 12.3 Å². The highest BCUT2D eigenvalue weighted by Crippen LogP contribution is 2.31. The predicted octanol–water partition coefficient (Wildman–Crippen LogP) is 1.24. The van der Waals surface area contributed by atoms with Gasteiger partial charge in [0.15, 0.2) is 0 Å². The van der Waals surface area contributed by atoms with Crippen molar-refractivity contribution >= 4 is 12.4 Å². The summed E-state index contributed by atoms with van der Waals surface area (Å²) in [6.07, 6.45) is 3.96. The molecule has 0 aliphatic heterocycles. The van der Waals surface area contributed by atoms with Crippen molar-refractivity contribution in [2.45, 2.75) is 44.7 Å². The van der Waals surface area contributed by atoms with Crippen LogP contribution >= 0.6 is 0 Å². The maximum Gasteiger partial charge on any atom is 0.405 e. The summed E-state index contributed by atoms with van der Waals surface area (Å²) in [6.45, 7) is 2.23. The first-order valence-corrected chi connectivity index (χ1v) is 6.20. The number of hydrogen-bond donors (Lipinski definition) is 3. The van der Waals surface area contributed by atoms with E-state index in [0.717, 1.165) is 31.6 Å². The predicted molar refractivity (Wildman–Crippen MR) is 65.0 cm³/mol. The Balaban J connectivity index is 2.61. The highest BCUT2D eigenvalue weighted by atomic mass is 16.4. The van der Waals surface area contributed by atoms with Crippen LogP contribution in [-0.2, 0) is 4.79 Å². The molecule has 1 aliphatic carbocycles. The second-order valence-corrected chi connectivity index (χ2v) is 4.95. The van der Waals surface area contributed by atoms with E-state index in [2.05, 4.69) is 17.6 Å². The molecule has 0 saturated heterocycles. The van der Waals surface area contributed by atoms with Crippen molar-refractivity contribution in [1.82, 2.24) is 10.6 Å². The lowest BCUT2D eigenvalue weighted by molar-refractivity contribution is -0.110. The van der Waals surface area contributed by atoms with Gasteiger partial charge in [-0.25, -0.2) is 4.79 Å². The number of rotatable bonds is 5. The monoisotopic (exact) mass is 242 g/mol. The average molecular weight is 242 g/mol. The number of aldehydes is 1. The molecule has 0 bridgehead atoms. The Labute approximate surface area is 102 Å². The van der Waals surface area contributed by atoms with E-state index in [-0.39, 0.29) is 6.04 Å². The SMILES string of the molecule is CNC(C1CCC(C)CC1)C(C=O)NC(=O)O. The molecule has 0 aromatic rings. The molecule has 0 radical (unpaired) electrons. The molecule has 5 heteroatoms. The highest BCUT2D eigenvalue weighted by molar-refractivity contribution is 5.72. The number of nitrogens with one attached hydrogen (secondary N) is 2. The van der Waals surface area contributed by atoms with E-state index in [4.69, 9.17) is 5.11 Å². The Hall–Kier alpha value is -1.10. The molecule has 1 saturated carbocycles.